The Labute approximate surface area is 373 Å². The molecule has 6 aromatic rings. The van der Waals surface area contributed by atoms with Gasteiger partial charge in [0, 0.05) is 18.7 Å². The highest BCUT2D eigenvalue weighted by atomic mass is 19.4. The number of hydrogen-bond acceptors (Lipinski definition) is 6. The van der Waals surface area contributed by atoms with Crippen LogP contribution in [0.5, 0.6) is 0 Å². The van der Waals surface area contributed by atoms with Gasteiger partial charge in [0.2, 0.25) is 11.8 Å². The predicted molar refractivity (Wildman–Crippen MR) is 244 cm³/mol. The number of alkyl halides is 3. The fourth-order valence-electron chi connectivity index (χ4n) is 9.70. The van der Waals surface area contributed by atoms with Gasteiger partial charge in [-0.15, -0.1) is 0 Å². The minimum absolute atomic E-state index is 0.0869. The van der Waals surface area contributed by atoms with E-state index in [0.29, 0.717) is 44.6 Å². The maximum atomic E-state index is 14.7. The number of nitrogens with zero attached hydrogens (tertiary/aromatic N) is 6. The normalized spacial score (nSPS) is 17.7. The number of likely N-dealkylation sites (tertiary alicyclic amines) is 2. The summed E-state index contributed by atoms with van der Waals surface area (Å²) in [6.07, 6.45) is -0.0175. The topological polar surface area (TPSA) is 104 Å². The Hall–Kier alpha value is -6.05. The van der Waals surface area contributed by atoms with E-state index < -0.39 is 24.0 Å². The van der Waals surface area contributed by atoms with Crippen molar-refractivity contribution in [2.24, 2.45) is 0 Å². The number of hydrogen-bond donors (Lipinski definition) is 2. The van der Waals surface area contributed by atoms with Crippen LogP contribution in [0.25, 0.3) is 33.6 Å². The van der Waals surface area contributed by atoms with E-state index in [1.807, 2.05) is 122 Å². The molecule has 0 bridgehead atoms. The van der Waals surface area contributed by atoms with Crippen molar-refractivity contribution < 1.29 is 22.8 Å². The molecule has 2 aromatic heterocycles. The quantitative estimate of drug-likeness (QED) is 0.107. The van der Waals surface area contributed by atoms with Crippen LogP contribution in [0.2, 0.25) is 0 Å². The van der Waals surface area contributed by atoms with Gasteiger partial charge in [0.25, 0.3) is 0 Å². The van der Waals surface area contributed by atoms with Gasteiger partial charge in [-0.3, -0.25) is 19.4 Å². The van der Waals surface area contributed by atoms with Crippen LogP contribution in [0.3, 0.4) is 0 Å². The number of imidazole rings is 2. The molecule has 0 spiro atoms. The molecule has 2 aliphatic heterocycles. The lowest BCUT2D eigenvalue weighted by Crippen LogP contribution is -2.43. The van der Waals surface area contributed by atoms with E-state index in [4.69, 9.17) is 4.98 Å². The third kappa shape index (κ3) is 9.01. The van der Waals surface area contributed by atoms with Gasteiger partial charge >= 0.3 is 6.18 Å². The van der Waals surface area contributed by atoms with Crippen LogP contribution < -0.4 is 0 Å². The van der Waals surface area contributed by atoms with Crippen LogP contribution >= 0.6 is 0 Å². The van der Waals surface area contributed by atoms with Crippen LogP contribution in [0.4, 0.5) is 13.2 Å². The minimum Gasteiger partial charge on any atom is -0.340 e. The third-order valence-electron chi connectivity index (χ3n) is 13.0. The van der Waals surface area contributed by atoms with E-state index >= 15 is 0 Å². The average Bonchev–Trinajstić information content (AvgIpc) is 4.17. The summed E-state index contributed by atoms with van der Waals surface area (Å²) in [5.41, 5.74) is 4.57. The van der Waals surface area contributed by atoms with Crippen molar-refractivity contribution in [1.29, 1.82) is 0 Å². The highest BCUT2D eigenvalue weighted by Crippen LogP contribution is 2.41. The molecule has 13 heteroatoms. The van der Waals surface area contributed by atoms with Crippen molar-refractivity contribution in [3.63, 3.8) is 0 Å². The number of rotatable bonds is 15. The third-order valence-corrected chi connectivity index (χ3v) is 13.0. The molecule has 4 heterocycles. The van der Waals surface area contributed by atoms with Gasteiger partial charge < -0.3 is 19.8 Å². The number of carbonyl (C=O) groups excluding carboxylic acids is 2. The number of likely N-dealkylation sites (N-methyl/N-ethyl adjacent to an activating group) is 2. The van der Waals surface area contributed by atoms with Crippen LogP contribution in [0.1, 0.15) is 106 Å². The van der Waals surface area contributed by atoms with Crippen LogP contribution in [-0.4, -0.2) is 90.6 Å². The van der Waals surface area contributed by atoms with E-state index in [2.05, 4.69) is 38.6 Å². The molecule has 64 heavy (non-hydrogen) atoms. The van der Waals surface area contributed by atoms with Crippen molar-refractivity contribution >= 4 is 11.8 Å². The molecule has 2 amide bonds. The minimum atomic E-state index is -4.71. The highest BCUT2D eigenvalue weighted by Gasteiger charge is 2.43. The van der Waals surface area contributed by atoms with Crippen LogP contribution in [-0.2, 0) is 15.8 Å². The molecule has 2 aliphatic rings. The molecule has 4 aromatic carbocycles. The van der Waals surface area contributed by atoms with Crippen LogP contribution in [0.15, 0.2) is 115 Å². The first-order valence-electron chi connectivity index (χ1n) is 22.7. The SMILES string of the molecule is CCN(CC)C(C(=O)N1CCC[C@H]1c1ncc(-c2ccc(-c3ccc(-c4[nH]c([C@@H]5CCCN5C(=O)[C@@H](c5ccccc5)N(CC)CC)nc4C(F)(F)F)cc3)cc2)[nH]1)c1ccccc1. The number of nitrogens with one attached hydrogen (secondary N) is 2. The molecule has 2 saturated heterocycles. The Bertz CT molecular complexity index is 2480. The molecule has 0 radical (unpaired) electrons. The van der Waals surface area contributed by atoms with E-state index in [0.717, 1.165) is 65.3 Å². The maximum absolute atomic E-state index is 14.7. The Morgan fingerprint density at radius 2 is 1.06 bits per heavy atom. The summed E-state index contributed by atoms with van der Waals surface area (Å²) in [4.78, 5) is 52.0. The summed E-state index contributed by atoms with van der Waals surface area (Å²) in [5, 5.41) is 0. The molecule has 4 atom stereocenters. The fourth-order valence-corrected chi connectivity index (χ4v) is 9.70. The first-order chi connectivity index (χ1) is 31.0. The van der Waals surface area contributed by atoms with Crippen molar-refractivity contribution in [2.75, 3.05) is 39.3 Å². The Kier molecular flexibility index (Phi) is 13.5. The predicted octanol–water partition coefficient (Wildman–Crippen LogP) is 10.6. The molecule has 2 N–H and O–H groups in total. The Morgan fingerprint density at radius 1 is 0.625 bits per heavy atom. The number of aromatic nitrogens is 4. The molecule has 1 unspecified atom stereocenters. The number of H-pyrrole nitrogens is 2. The summed E-state index contributed by atoms with van der Waals surface area (Å²) >= 11 is 0. The largest absolute Gasteiger partial charge is 0.435 e. The summed E-state index contributed by atoms with van der Waals surface area (Å²) in [7, 11) is 0. The lowest BCUT2D eigenvalue weighted by molar-refractivity contribution is -0.140. The van der Waals surface area contributed by atoms with Gasteiger partial charge in [0.15, 0.2) is 5.69 Å². The van der Waals surface area contributed by atoms with Crippen molar-refractivity contribution in [3.8, 4) is 33.6 Å². The smallest absolute Gasteiger partial charge is 0.340 e. The molecule has 0 aliphatic carbocycles. The molecule has 10 nitrogen and oxygen atoms in total. The van der Waals surface area contributed by atoms with Gasteiger partial charge in [-0.2, -0.15) is 13.2 Å². The van der Waals surface area contributed by atoms with Gasteiger partial charge in [0.05, 0.1) is 29.7 Å². The van der Waals surface area contributed by atoms with E-state index in [-0.39, 0.29) is 35.4 Å². The average molecular weight is 871 g/mol. The number of benzene rings is 4. The number of amides is 2. The van der Waals surface area contributed by atoms with Crippen LogP contribution in [0, 0.1) is 0 Å². The van der Waals surface area contributed by atoms with E-state index in [1.54, 1.807) is 17.0 Å². The number of halogens is 3. The summed E-state index contributed by atoms with van der Waals surface area (Å²) < 4.78 is 44.0. The molecule has 2 fully saturated rings. The van der Waals surface area contributed by atoms with E-state index in [1.165, 1.54) is 0 Å². The van der Waals surface area contributed by atoms with Gasteiger partial charge in [-0.1, -0.05) is 137 Å². The van der Waals surface area contributed by atoms with Gasteiger partial charge in [-0.25, -0.2) is 9.97 Å². The molecule has 334 valence electrons. The Morgan fingerprint density at radius 3 is 1.52 bits per heavy atom. The maximum Gasteiger partial charge on any atom is 0.435 e. The lowest BCUT2D eigenvalue weighted by Gasteiger charge is -2.34. The number of carbonyl (C=O) groups is 2. The van der Waals surface area contributed by atoms with Crippen molar-refractivity contribution in [3.05, 3.63) is 144 Å². The van der Waals surface area contributed by atoms with Gasteiger partial charge in [-0.05, 0) is 79.7 Å². The zero-order chi connectivity index (χ0) is 45.0. The van der Waals surface area contributed by atoms with Gasteiger partial charge in [0.1, 0.15) is 23.7 Å². The fraction of sp³-hybridized carbons (Fsp3) is 0.373. The summed E-state index contributed by atoms with van der Waals surface area (Å²) in [5.74, 6) is 0.853. The van der Waals surface area contributed by atoms with E-state index in [9.17, 15) is 22.8 Å². The van der Waals surface area contributed by atoms with Crippen molar-refractivity contribution in [2.45, 2.75) is 83.7 Å². The highest BCUT2D eigenvalue weighted by molar-refractivity contribution is 5.85. The zero-order valence-corrected chi connectivity index (χ0v) is 37.0. The first kappa shape index (κ1) is 44.6. The molecular weight excluding hydrogens is 814 g/mol. The zero-order valence-electron chi connectivity index (χ0n) is 37.0. The number of aromatic amines is 2. The molecule has 0 saturated carbocycles. The molecular formula is C51H57F3N8O2. The lowest BCUT2D eigenvalue weighted by atomic mass is 10.0. The molecule has 8 rings (SSSR count). The second-order valence-electron chi connectivity index (χ2n) is 16.6. The second kappa shape index (κ2) is 19.4. The second-order valence-corrected chi connectivity index (χ2v) is 16.6. The monoisotopic (exact) mass is 870 g/mol. The summed E-state index contributed by atoms with van der Waals surface area (Å²) in [6.45, 7) is 12.1. The Balaban J connectivity index is 0.990. The summed E-state index contributed by atoms with van der Waals surface area (Å²) in [6, 6.07) is 32.8. The van der Waals surface area contributed by atoms with Crippen molar-refractivity contribution in [1.82, 2.24) is 39.5 Å². The first-order valence-corrected chi connectivity index (χ1v) is 22.7. The standard InChI is InChI=1S/C51H57F3N8O2/c1-5-59(6-2)44(38-17-11-9-12-18-38)49(63)61-31-15-21-41(61)47-55-33-40(56-47)36-27-23-34(24-28-36)35-25-29-37(30-26-35)43-46(51(52,53)54)58-48(57-43)42-22-16-32-62(42)50(64)45(60(7-3)8-4)39-19-13-10-14-20-39/h9-14,17-20,23-30,33,41-42,44-45H,5-8,15-16,21-22,31-32H2,1-4H3,(H,55,56)(H,57,58)/t41-,42-,44?,45+/m0/s1.